The van der Waals surface area contributed by atoms with E-state index in [9.17, 15) is 4.79 Å². The maximum Gasteiger partial charge on any atom is 0.293 e. The zero-order valence-electron chi connectivity index (χ0n) is 6.09. The number of carbonyl (C=O) groups is 1. The number of ether oxygens (including phenoxy) is 1. The first-order valence-corrected chi connectivity index (χ1v) is 3.99. The van der Waals surface area contributed by atoms with Gasteiger partial charge in [-0.05, 0) is 12.1 Å². The topological polar surface area (TPSA) is 26.3 Å². The van der Waals surface area contributed by atoms with E-state index in [0.717, 1.165) is 0 Å². The highest BCUT2D eigenvalue weighted by Gasteiger charge is 2.04. The van der Waals surface area contributed by atoms with Gasteiger partial charge in [-0.15, -0.1) is 0 Å². The summed E-state index contributed by atoms with van der Waals surface area (Å²) in [5.41, 5.74) is 0.632. The van der Waals surface area contributed by atoms with Crippen LogP contribution in [0, 0.1) is 0 Å². The Bertz CT molecular complexity index is 266. The Morgan fingerprint density at radius 3 is 2.42 bits per heavy atom. The average Bonchev–Trinajstić information content (AvgIpc) is 2.04. The first kappa shape index (κ1) is 9.36. The quantitative estimate of drug-likeness (QED) is 0.709. The summed E-state index contributed by atoms with van der Waals surface area (Å²) in [5.74, 6) is 0. The molecule has 0 aromatic heterocycles. The van der Waals surface area contributed by atoms with Crippen LogP contribution in [0.2, 0.25) is 10.0 Å². The van der Waals surface area contributed by atoms with Gasteiger partial charge in [0.2, 0.25) is 0 Å². The van der Waals surface area contributed by atoms with Crippen molar-refractivity contribution in [2.45, 2.75) is 6.61 Å². The number of halogens is 2. The van der Waals surface area contributed by atoms with E-state index in [0.29, 0.717) is 22.1 Å². The SMILES string of the molecule is O=COCc1c(Cl)cccc1Cl. The van der Waals surface area contributed by atoms with Gasteiger partial charge in [-0.2, -0.15) is 0 Å². The van der Waals surface area contributed by atoms with E-state index >= 15 is 0 Å². The number of hydrogen-bond acceptors (Lipinski definition) is 2. The van der Waals surface area contributed by atoms with Crippen LogP contribution in [0.15, 0.2) is 18.2 Å². The van der Waals surface area contributed by atoms with E-state index in [2.05, 4.69) is 4.74 Å². The number of rotatable bonds is 3. The molecule has 0 amide bonds. The lowest BCUT2D eigenvalue weighted by Gasteiger charge is -2.03. The summed E-state index contributed by atoms with van der Waals surface area (Å²) in [4.78, 5) is 9.89. The lowest BCUT2D eigenvalue weighted by Crippen LogP contribution is -1.92. The van der Waals surface area contributed by atoms with Crippen molar-refractivity contribution >= 4 is 29.7 Å². The molecule has 12 heavy (non-hydrogen) atoms. The highest BCUT2D eigenvalue weighted by molar-refractivity contribution is 6.35. The molecule has 64 valence electrons. The van der Waals surface area contributed by atoms with E-state index in [1.165, 1.54) is 0 Å². The van der Waals surface area contributed by atoms with Crippen LogP contribution in [0.3, 0.4) is 0 Å². The minimum Gasteiger partial charge on any atom is -0.463 e. The Labute approximate surface area is 80.0 Å². The predicted molar refractivity (Wildman–Crippen MR) is 47.3 cm³/mol. The summed E-state index contributed by atoms with van der Waals surface area (Å²) < 4.78 is 4.53. The van der Waals surface area contributed by atoms with Crippen molar-refractivity contribution in [2.75, 3.05) is 0 Å². The normalized spacial score (nSPS) is 9.50. The van der Waals surface area contributed by atoms with Crippen molar-refractivity contribution in [2.24, 2.45) is 0 Å². The summed E-state index contributed by atoms with van der Waals surface area (Å²) in [7, 11) is 0. The fourth-order valence-corrected chi connectivity index (χ4v) is 1.29. The molecule has 0 fully saturated rings. The molecule has 1 aromatic rings. The van der Waals surface area contributed by atoms with Gasteiger partial charge in [0.1, 0.15) is 6.61 Å². The average molecular weight is 205 g/mol. The molecule has 0 unspecified atom stereocenters. The van der Waals surface area contributed by atoms with Crippen molar-refractivity contribution < 1.29 is 9.53 Å². The van der Waals surface area contributed by atoms with Gasteiger partial charge in [0, 0.05) is 15.6 Å². The third-order valence-electron chi connectivity index (χ3n) is 1.36. The maximum atomic E-state index is 9.89. The van der Waals surface area contributed by atoms with Crippen molar-refractivity contribution in [3.8, 4) is 0 Å². The standard InChI is InChI=1S/C8H6Cl2O2/c9-7-2-1-3-8(10)6(7)4-12-5-11/h1-3,5H,4H2. The first-order valence-electron chi connectivity index (χ1n) is 3.24. The number of hydrogen-bond donors (Lipinski definition) is 0. The van der Waals surface area contributed by atoms with Crippen LogP contribution in [0.5, 0.6) is 0 Å². The third kappa shape index (κ3) is 2.13. The van der Waals surface area contributed by atoms with Gasteiger partial charge >= 0.3 is 0 Å². The molecule has 0 spiro atoms. The molecule has 0 aliphatic heterocycles. The Kier molecular flexibility index (Phi) is 3.38. The number of carbonyl (C=O) groups excluding carboxylic acids is 1. The zero-order valence-corrected chi connectivity index (χ0v) is 7.60. The Hall–Kier alpha value is -0.730. The molecule has 0 saturated heterocycles. The molecule has 2 nitrogen and oxygen atoms in total. The molecule has 0 heterocycles. The van der Waals surface area contributed by atoms with Gasteiger partial charge in [0.15, 0.2) is 0 Å². The second kappa shape index (κ2) is 4.33. The van der Waals surface area contributed by atoms with E-state index in [1.54, 1.807) is 18.2 Å². The van der Waals surface area contributed by atoms with E-state index in [4.69, 9.17) is 23.2 Å². The number of benzene rings is 1. The van der Waals surface area contributed by atoms with Gasteiger partial charge in [-0.25, -0.2) is 0 Å². The molecule has 1 rings (SSSR count). The van der Waals surface area contributed by atoms with Crippen molar-refractivity contribution in [3.63, 3.8) is 0 Å². The molecular formula is C8H6Cl2O2. The molecule has 0 bridgehead atoms. The second-order valence-electron chi connectivity index (χ2n) is 2.11. The molecular weight excluding hydrogens is 199 g/mol. The van der Waals surface area contributed by atoms with E-state index in [-0.39, 0.29) is 6.61 Å². The summed E-state index contributed by atoms with van der Waals surface area (Å²) in [5, 5.41) is 1.01. The molecule has 0 N–H and O–H groups in total. The monoisotopic (exact) mass is 204 g/mol. The fourth-order valence-electron chi connectivity index (χ4n) is 0.788. The smallest absolute Gasteiger partial charge is 0.293 e. The highest BCUT2D eigenvalue weighted by atomic mass is 35.5. The zero-order chi connectivity index (χ0) is 8.97. The Morgan fingerprint density at radius 2 is 1.92 bits per heavy atom. The lowest BCUT2D eigenvalue weighted by atomic mass is 10.2. The Balaban J connectivity index is 2.88. The molecule has 0 saturated carbocycles. The predicted octanol–water partition coefficient (Wildman–Crippen LogP) is 2.67. The molecule has 1 aromatic carbocycles. The molecule has 0 aliphatic rings. The first-order chi connectivity index (χ1) is 5.75. The summed E-state index contributed by atoms with van der Waals surface area (Å²) in [6, 6.07) is 5.11. The van der Waals surface area contributed by atoms with E-state index < -0.39 is 0 Å². The van der Waals surface area contributed by atoms with Gasteiger partial charge in [0.25, 0.3) is 6.47 Å². The second-order valence-corrected chi connectivity index (χ2v) is 2.92. The van der Waals surface area contributed by atoms with Gasteiger partial charge < -0.3 is 4.74 Å². The van der Waals surface area contributed by atoms with Crippen LogP contribution in [-0.4, -0.2) is 6.47 Å². The molecule has 0 radical (unpaired) electrons. The van der Waals surface area contributed by atoms with Gasteiger partial charge in [-0.3, -0.25) is 4.79 Å². The van der Waals surface area contributed by atoms with Gasteiger partial charge in [-0.1, -0.05) is 29.3 Å². The van der Waals surface area contributed by atoms with Gasteiger partial charge in [0.05, 0.1) is 0 Å². The van der Waals surface area contributed by atoms with Crippen molar-refractivity contribution in [1.82, 2.24) is 0 Å². The molecule has 0 atom stereocenters. The molecule has 0 aliphatic carbocycles. The summed E-state index contributed by atoms with van der Waals surface area (Å²) >= 11 is 11.6. The van der Waals surface area contributed by atoms with Crippen LogP contribution in [0.4, 0.5) is 0 Å². The van der Waals surface area contributed by atoms with E-state index in [1.807, 2.05) is 0 Å². The third-order valence-corrected chi connectivity index (χ3v) is 2.07. The van der Waals surface area contributed by atoms with Crippen LogP contribution in [-0.2, 0) is 16.1 Å². The van der Waals surface area contributed by atoms with Crippen LogP contribution < -0.4 is 0 Å². The fraction of sp³-hybridized carbons (Fsp3) is 0.125. The highest BCUT2D eigenvalue weighted by Crippen LogP contribution is 2.24. The Morgan fingerprint density at radius 1 is 1.33 bits per heavy atom. The summed E-state index contributed by atoms with van der Waals surface area (Å²) in [6.07, 6.45) is 0. The maximum absolute atomic E-state index is 9.89. The lowest BCUT2D eigenvalue weighted by molar-refractivity contribution is -0.129. The summed E-state index contributed by atoms with van der Waals surface area (Å²) in [6.45, 7) is 0.474. The van der Waals surface area contributed by atoms with Crippen molar-refractivity contribution in [3.05, 3.63) is 33.8 Å². The van der Waals surface area contributed by atoms with Crippen molar-refractivity contribution in [1.29, 1.82) is 0 Å². The minimum absolute atomic E-state index is 0.113. The minimum atomic E-state index is 0.113. The molecule has 4 heteroatoms. The van der Waals surface area contributed by atoms with Crippen LogP contribution in [0.1, 0.15) is 5.56 Å². The van der Waals surface area contributed by atoms with Crippen LogP contribution >= 0.6 is 23.2 Å². The van der Waals surface area contributed by atoms with Crippen LogP contribution in [0.25, 0.3) is 0 Å². The largest absolute Gasteiger partial charge is 0.463 e.